The van der Waals surface area contributed by atoms with Crippen LogP contribution in [0, 0.1) is 0 Å². The van der Waals surface area contributed by atoms with Crippen molar-refractivity contribution in [3.8, 4) is 0 Å². The van der Waals surface area contributed by atoms with Crippen LogP contribution in [0.2, 0.25) is 0 Å². The van der Waals surface area contributed by atoms with E-state index in [0.29, 0.717) is 5.82 Å². The molecule has 0 aliphatic heterocycles. The molecule has 78 valence electrons. The number of anilines is 1. The summed E-state index contributed by atoms with van der Waals surface area (Å²) in [6.07, 6.45) is 4.38. The van der Waals surface area contributed by atoms with Gasteiger partial charge in [-0.15, -0.1) is 11.8 Å². The van der Waals surface area contributed by atoms with Gasteiger partial charge in [-0.25, -0.2) is 9.97 Å². The summed E-state index contributed by atoms with van der Waals surface area (Å²) in [6.45, 7) is 2.18. The number of thioether (sulfide) groups is 2. The topological polar surface area (TPSA) is 51.8 Å². The predicted octanol–water partition coefficient (Wildman–Crippen LogP) is 2.67. The molecule has 0 aromatic carbocycles. The molecule has 0 saturated heterocycles. The lowest BCUT2D eigenvalue weighted by atomic mass is 10.4. The van der Waals surface area contributed by atoms with Gasteiger partial charge in [-0.2, -0.15) is 0 Å². The largest absolute Gasteiger partial charge is 0.384 e. The zero-order valence-electron chi connectivity index (χ0n) is 8.49. The monoisotopic (exact) mass is 229 g/mol. The van der Waals surface area contributed by atoms with E-state index in [2.05, 4.69) is 16.9 Å². The minimum Gasteiger partial charge on any atom is -0.384 e. The van der Waals surface area contributed by atoms with Crippen molar-refractivity contribution >= 4 is 29.3 Å². The molecule has 0 aliphatic carbocycles. The standard InChI is InChI=1S/C9H15N3S2/c1-3-4-5-14-8-6-7(10)11-9(12-8)13-2/h6H,3-5H2,1-2H3,(H2,10,11,12). The predicted molar refractivity (Wildman–Crippen MR) is 63.9 cm³/mol. The van der Waals surface area contributed by atoms with Gasteiger partial charge in [0.15, 0.2) is 5.16 Å². The Bertz CT molecular complexity index is 291. The molecule has 0 amide bonds. The Balaban J connectivity index is 2.62. The van der Waals surface area contributed by atoms with Crippen molar-refractivity contribution in [2.24, 2.45) is 0 Å². The fourth-order valence-electron chi connectivity index (χ4n) is 0.907. The Morgan fingerprint density at radius 2 is 2.21 bits per heavy atom. The highest BCUT2D eigenvalue weighted by molar-refractivity contribution is 7.99. The summed E-state index contributed by atoms with van der Waals surface area (Å²) >= 11 is 3.27. The number of hydrogen-bond donors (Lipinski definition) is 1. The van der Waals surface area contributed by atoms with Gasteiger partial charge in [-0.1, -0.05) is 25.1 Å². The van der Waals surface area contributed by atoms with Crippen molar-refractivity contribution in [3.63, 3.8) is 0 Å². The summed E-state index contributed by atoms with van der Waals surface area (Å²) in [6, 6.07) is 1.83. The molecule has 1 aromatic heterocycles. The third kappa shape index (κ3) is 3.75. The number of aromatic nitrogens is 2. The molecule has 0 bridgehead atoms. The van der Waals surface area contributed by atoms with E-state index in [-0.39, 0.29) is 0 Å². The highest BCUT2D eigenvalue weighted by Crippen LogP contribution is 2.21. The molecule has 5 heteroatoms. The van der Waals surface area contributed by atoms with Crippen LogP contribution >= 0.6 is 23.5 Å². The van der Waals surface area contributed by atoms with Gasteiger partial charge in [-0.05, 0) is 18.4 Å². The van der Waals surface area contributed by atoms with Crippen LogP contribution in [0.15, 0.2) is 16.2 Å². The highest BCUT2D eigenvalue weighted by Gasteiger charge is 2.01. The van der Waals surface area contributed by atoms with Crippen molar-refractivity contribution < 1.29 is 0 Å². The second-order valence-corrected chi connectivity index (χ2v) is 4.71. The first-order valence-electron chi connectivity index (χ1n) is 4.57. The fourth-order valence-corrected chi connectivity index (χ4v) is 2.35. The molecule has 1 heterocycles. The Morgan fingerprint density at radius 3 is 2.86 bits per heavy atom. The Hall–Kier alpha value is -0.420. The van der Waals surface area contributed by atoms with Crippen LogP contribution in [-0.2, 0) is 0 Å². The molecule has 1 rings (SSSR count). The number of rotatable bonds is 5. The molecule has 0 aliphatic rings. The van der Waals surface area contributed by atoms with E-state index in [1.807, 2.05) is 12.3 Å². The molecule has 3 nitrogen and oxygen atoms in total. The summed E-state index contributed by atoms with van der Waals surface area (Å²) < 4.78 is 0. The van der Waals surface area contributed by atoms with Crippen LogP contribution in [0.5, 0.6) is 0 Å². The molecule has 1 aromatic rings. The van der Waals surface area contributed by atoms with E-state index in [1.54, 1.807) is 11.8 Å². The van der Waals surface area contributed by atoms with Crippen LogP contribution in [0.25, 0.3) is 0 Å². The van der Waals surface area contributed by atoms with Crippen molar-refractivity contribution in [1.82, 2.24) is 9.97 Å². The fraction of sp³-hybridized carbons (Fsp3) is 0.556. The molecular weight excluding hydrogens is 214 g/mol. The van der Waals surface area contributed by atoms with Crippen molar-refractivity contribution in [1.29, 1.82) is 0 Å². The first kappa shape index (κ1) is 11.7. The maximum absolute atomic E-state index is 5.66. The minimum atomic E-state index is 0.559. The van der Waals surface area contributed by atoms with E-state index >= 15 is 0 Å². The van der Waals surface area contributed by atoms with Crippen molar-refractivity contribution in [3.05, 3.63) is 6.07 Å². The average molecular weight is 229 g/mol. The van der Waals surface area contributed by atoms with Gasteiger partial charge in [-0.3, -0.25) is 0 Å². The average Bonchev–Trinajstić information content (AvgIpc) is 2.17. The second kappa shape index (κ2) is 6.14. The van der Waals surface area contributed by atoms with Gasteiger partial charge >= 0.3 is 0 Å². The molecule has 14 heavy (non-hydrogen) atoms. The van der Waals surface area contributed by atoms with Crippen LogP contribution in [0.4, 0.5) is 5.82 Å². The summed E-state index contributed by atoms with van der Waals surface area (Å²) in [4.78, 5) is 8.46. The quantitative estimate of drug-likeness (QED) is 0.364. The Morgan fingerprint density at radius 1 is 1.43 bits per heavy atom. The van der Waals surface area contributed by atoms with E-state index in [1.165, 1.54) is 24.6 Å². The third-order valence-electron chi connectivity index (χ3n) is 1.63. The van der Waals surface area contributed by atoms with Crippen molar-refractivity contribution in [2.75, 3.05) is 17.7 Å². The summed E-state index contributed by atoms with van der Waals surface area (Å²) in [5.41, 5.74) is 5.66. The molecule has 0 unspecified atom stereocenters. The molecule has 2 N–H and O–H groups in total. The Kier molecular flexibility index (Phi) is 5.11. The maximum atomic E-state index is 5.66. The van der Waals surface area contributed by atoms with Crippen LogP contribution in [-0.4, -0.2) is 22.0 Å². The lowest BCUT2D eigenvalue weighted by Gasteiger charge is -2.02. The SMILES string of the molecule is CCCCSc1cc(N)nc(SC)n1. The van der Waals surface area contributed by atoms with Gasteiger partial charge < -0.3 is 5.73 Å². The number of nitrogen functional groups attached to an aromatic ring is 1. The summed E-state index contributed by atoms with van der Waals surface area (Å²) in [5, 5.41) is 1.74. The van der Waals surface area contributed by atoms with E-state index in [0.717, 1.165) is 15.9 Å². The number of nitrogens with two attached hydrogens (primary N) is 1. The first-order chi connectivity index (χ1) is 6.76. The van der Waals surface area contributed by atoms with Crippen molar-refractivity contribution in [2.45, 2.75) is 29.9 Å². The number of hydrogen-bond acceptors (Lipinski definition) is 5. The minimum absolute atomic E-state index is 0.559. The van der Waals surface area contributed by atoms with Gasteiger partial charge in [0.1, 0.15) is 10.8 Å². The molecule has 0 atom stereocenters. The molecule has 0 spiro atoms. The van der Waals surface area contributed by atoms with Gasteiger partial charge in [0.25, 0.3) is 0 Å². The zero-order valence-corrected chi connectivity index (χ0v) is 10.1. The number of unbranched alkanes of at least 4 members (excludes halogenated alkanes) is 1. The van der Waals surface area contributed by atoms with Gasteiger partial charge in [0, 0.05) is 6.07 Å². The third-order valence-corrected chi connectivity index (χ3v) is 3.18. The van der Waals surface area contributed by atoms with E-state index < -0.39 is 0 Å². The van der Waals surface area contributed by atoms with Crippen LogP contribution in [0.3, 0.4) is 0 Å². The van der Waals surface area contributed by atoms with E-state index in [4.69, 9.17) is 5.73 Å². The molecule has 0 fully saturated rings. The first-order valence-corrected chi connectivity index (χ1v) is 6.78. The number of nitrogens with zero attached hydrogens (tertiary/aromatic N) is 2. The van der Waals surface area contributed by atoms with E-state index in [9.17, 15) is 0 Å². The molecule has 0 radical (unpaired) electrons. The zero-order chi connectivity index (χ0) is 10.4. The smallest absolute Gasteiger partial charge is 0.190 e. The molecular formula is C9H15N3S2. The lowest BCUT2D eigenvalue weighted by Crippen LogP contribution is -1.96. The van der Waals surface area contributed by atoms with Crippen LogP contribution in [0.1, 0.15) is 19.8 Å². The summed E-state index contributed by atoms with van der Waals surface area (Å²) in [5.74, 6) is 1.66. The normalized spacial score (nSPS) is 10.4. The highest BCUT2D eigenvalue weighted by atomic mass is 32.2. The summed E-state index contributed by atoms with van der Waals surface area (Å²) in [7, 11) is 0. The lowest BCUT2D eigenvalue weighted by molar-refractivity contribution is 0.880. The molecule has 0 saturated carbocycles. The van der Waals surface area contributed by atoms with Gasteiger partial charge in [0.2, 0.25) is 0 Å². The van der Waals surface area contributed by atoms with Gasteiger partial charge in [0.05, 0.1) is 0 Å². The maximum Gasteiger partial charge on any atom is 0.190 e. The Labute approximate surface area is 93.3 Å². The van der Waals surface area contributed by atoms with Crippen LogP contribution < -0.4 is 5.73 Å². The second-order valence-electron chi connectivity index (χ2n) is 2.82.